The van der Waals surface area contributed by atoms with E-state index in [-0.39, 0.29) is 31.6 Å². The Bertz CT molecular complexity index is 409. The molecule has 0 amide bonds. The topological polar surface area (TPSA) is 120 Å². The van der Waals surface area contributed by atoms with Crippen LogP contribution >= 0.6 is 7.60 Å². The summed E-state index contributed by atoms with van der Waals surface area (Å²) in [5, 5.41) is 38.9. The highest BCUT2D eigenvalue weighted by Gasteiger charge is 2.42. The number of rotatable bonds is 8. The molecule has 0 unspecified atom stereocenters. The molecule has 0 bridgehead atoms. The Labute approximate surface area is 130 Å². The lowest BCUT2D eigenvalue weighted by atomic mass is 9.94. The molecule has 0 aliphatic carbocycles. The summed E-state index contributed by atoms with van der Waals surface area (Å²) in [6, 6.07) is -0.799. The van der Waals surface area contributed by atoms with Crippen LogP contribution in [0.4, 0.5) is 0 Å². The fourth-order valence-corrected chi connectivity index (χ4v) is 3.92. The molecule has 22 heavy (non-hydrogen) atoms. The van der Waals surface area contributed by atoms with Crippen molar-refractivity contribution in [3.8, 4) is 0 Å². The summed E-state index contributed by atoms with van der Waals surface area (Å²) in [4.78, 5) is 1.51. The third-order valence-electron chi connectivity index (χ3n) is 3.59. The van der Waals surface area contributed by atoms with Gasteiger partial charge >= 0.3 is 7.60 Å². The van der Waals surface area contributed by atoms with E-state index in [1.54, 1.807) is 13.8 Å². The van der Waals surface area contributed by atoms with Gasteiger partial charge in [0.05, 0.1) is 32.0 Å². The van der Waals surface area contributed by atoms with Gasteiger partial charge in [0, 0.05) is 18.4 Å². The number of aliphatic hydroxyl groups excluding tert-OH is 4. The molecule has 1 heterocycles. The largest absolute Gasteiger partial charge is 0.395 e. The molecule has 1 aliphatic rings. The maximum absolute atomic E-state index is 12.6. The molecular weight excluding hydrogens is 313 g/mol. The van der Waals surface area contributed by atoms with Crippen LogP contribution in [0.3, 0.4) is 0 Å². The Balaban J connectivity index is 2.86. The van der Waals surface area contributed by atoms with Gasteiger partial charge in [-0.15, -0.1) is 0 Å². The first-order chi connectivity index (χ1) is 10.3. The molecule has 0 radical (unpaired) electrons. The minimum atomic E-state index is -3.51. The average molecular weight is 339 g/mol. The summed E-state index contributed by atoms with van der Waals surface area (Å²) in [5.41, 5.74) is 0. The van der Waals surface area contributed by atoms with E-state index in [0.29, 0.717) is 0 Å². The second-order valence-electron chi connectivity index (χ2n) is 5.13. The summed E-state index contributed by atoms with van der Waals surface area (Å²) in [5.74, 6) is 0. The van der Waals surface area contributed by atoms with Crippen molar-refractivity contribution in [2.45, 2.75) is 38.2 Å². The highest BCUT2D eigenvalue weighted by atomic mass is 31.2. The molecule has 0 aromatic carbocycles. The van der Waals surface area contributed by atoms with Crippen molar-refractivity contribution in [3.05, 3.63) is 11.9 Å². The SMILES string of the molecule is C=C(CN1C[C@H](O)[C@@H](O)[C@H](O)[C@H]1CO)P(=O)(OCC)OCC. The molecule has 0 spiro atoms. The summed E-state index contributed by atoms with van der Waals surface area (Å²) in [7, 11) is -3.51. The quantitative estimate of drug-likeness (QED) is 0.438. The van der Waals surface area contributed by atoms with Gasteiger partial charge in [0.2, 0.25) is 0 Å². The molecule has 1 saturated heterocycles. The third kappa shape index (κ3) is 4.37. The van der Waals surface area contributed by atoms with Crippen molar-refractivity contribution < 1.29 is 34.0 Å². The fraction of sp³-hybridized carbons (Fsp3) is 0.846. The van der Waals surface area contributed by atoms with Crippen molar-refractivity contribution >= 4 is 7.60 Å². The standard InChI is InChI=1S/C13H26NO7P/c1-4-20-22(19,21-5-2)9(3)6-14-7-11(16)13(18)12(17)10(14)8-15/h10-13,15-18H,3-8H2,1-2H3/t10-,11+,12-,13-/m1/s1. The molecule has 4 atom stereocenters. The zero-order valence-electron chi connectivity index (χ0n) is 13.0. The third-order valence-corrected chi connectivity index (χ3v) is 5.70. The zero-order valence-corrected chi connectivity index (χ0v) is 13.9. The smallest absolute Gasteiger partial charge is 0.358 e. The summed E-state index contributed by atoms with van der Waals surface area (Å²) >= 11 is 0. The number of aliphatic hydroxyl groups is 4. The van der Waals surface area contributed by atoms with Gasteiger partial charge in [-0.1, -0.05) is 6.58 Å². The second-order valence-corrected chi connectivity index (χ2v) is 7.27. The Morgan fingerprint density at radius 3 is 2.23 bits per heavy atom. The van der Waals surface area contributed by atoms with E-state index in [4.69, 9.17) is 9.05 Å². The van der Waals surface area contributed by atoms with E-state index in [9.17, 15) is 25.0 Å². The molecule has 4 N–H and O–H groups in total. The summed E-state index contributed by atoms with van der Waals surface area (Å²) in [6.45, 7) is 7.04. The van der Waals surface area contributed by atoms with Crippen molar-refractivity contribution in [1.29, 1.82) is 0 Å². The normalized spacial score (nSPS) is 30.5. The minimum Gasteiger partial charge on any atom is -0.395 e. The number of nitrogens with zero attached hydrogens (tertiary/aromatic N) is 1. The highest BCUT2D eigenvalue weighted by Crippen LogP contribution is 2.55. The highest BCUT2D eigenvalue weighted by molar-refractivity contribution is 7.58. The number of hydrogen-bond donors (Lipinski definition) is 4. The Morgan fingerprint density at radius 1 is 1.23 bits per heavy atom. The van der Waals surface area contributed by atoms with Gasteiger partial charge in [-0.25, -0.2) is 0 Å². The number of piperidine rings is 1. The zero-order chi connectivity index (χ0) is 16.9. The van der Waals surface area contributed by atoms with Gasteiger partial charge < -0.3 is 29.5 Å². The van der Waals surface area contributed by atoms with Gasteiger partial charge in [-0.2, -0.15) is 0 Å². The van der Waals surface area contributed by atoms with E-state index >= 15 is 0 Å². The van der Waals surface area contributed by atoms with E-state index in [1.165, 1.54) is 4.90 Å². The van der Waals surface area contributed by atoms with Crippen molar-refractivity contribution in [1.82, 2.24) is 4.90 Å². The maximum atomic E-state index is 12.6. The average Bonchev–Trinajstić information content (AvgIpc) is 2.45. The molecule has 9 heteroatoms. The van der Waals surface area contributed by atoms with Crippen molar-refractivity contribution in [3.63, 3.8) is 0 Å². The van der Waals surface area contributed by atoms with Gasteiger partial charge in [-0.3, -0.25) is 9.46 Å². The van der Waals surface area contributed by atoms with E-state index in [1.807, 2.05) is 0 Å². The first-order valence-electron chi connectivity index (χ1n) is 7.27. The van der Waals surface area contributed by atoms with Crippen LogP contribution in [-0.2, 0) is 13.6 Å². The van der Waals surface area contributed by atoms with Gasteiger partial charge in [0.1, 0.15) is 12.2 Å². The molecule has 0 aromatic heterocycles. The number of likely N-dealkylation sites (tertiary alicyclic amines) is 1. The minimum absolute atomic E-state index is 0.000718. The van der Waals surface area contributed by atoms with Crippen LogP contribution in [0.25, 0.3) is 0 Å². The second kappa shape index (κ2) is 8.52. The predicted molar refractivity (Wildman–Crippen MR) is 80.5 cm³/mol. The fourth-order valence-electron chi connectivity index (χ4n) is 2.44. The molecule has 1 rings (SSSR count). The molecule has 1 aliphatic heterocycles. The van der Waals surface area contributed by atoms with Gasteiger partial charge in [-0.05, 0) is 13.8 Å². The monoisotopic (exact) mass is 339 g/mol. The first kappa shape index (κ1) is 19.7. The van der Waals surface area contributed by atoms with Crippen LogP contribution in [0.5, 0.6) is 0 Å². The summed E-state index contributed by atoms with van der Waals surface area (Å²) in [6.07, 6.45) is -3.84. The van der Waals surface area contributed by atoms with Crippen molar-refractivity contribution in [2.75, 3.05) is 32.9 Å². The molecule has 130 valence electrons. The first-order valence-corrected chi connectivity index (χ1v) is 8.81. The molecule has 8 nitrogen and oxygen atoms in total. The van der Waals surface area contributed by atoms with Crippen LogP contribution in [0.2, 0.25) is 0 Å². The maximum Gasteiger partial charge on any atom is 0.358 e. The predicted octanol–water partition coefficient (Wildman–Crippen LogP) is -0.475. The van der Waals surface area contributed by atoms with Crippen LogP contribution in [-0.4, -0.2) is 82.6 Å². The Morgan fingerprint density at radius 2 is 1.77 bits per heavy atom. The van der Waals surface area contributed by atoms with Crippen LogP contribution in [0, 0.1) is 0 Å². The van der Waals surface area contributed by atoms with E-state index in [0.717, 1.165) is 0 Å². The summed E-state index contributed by atoms with van der Waals surface area (Å²) < 4.78 is 23.0. The van der Waals surface area contributed by atoms with Crippen LogP contribution < -0.4 is 0 Å². The molecule has 0 aromatic rings. The van der Waals surface area contributed by atoms with Gasteiger partial charge in [0.25, 0.3) is 0 Å². The molecule has 0 saturated carbocycles. The lowest BCUT2D eigenvalue weighted by molar-refractivity contribution is -0.142. The van der Waals surface area contributed by atoms with Crippen molar-refractivity contribution in [2.24, 2.45) is 0 Å². The molecule has 1 fully saturated rings. The van der Waals surface area contributed by atoms with Crippen LogP contribution in [0.15, 0.2) is 11.9 Å². The van der Waals surface area contributed by atoms with Gasteiger partial charge in [0.15, 0.2) is 0 Å². The Hall–Kier alpha value is -0.310. The van der Waals surface area contributed by atoms with E-state index in [2.05, 4.69) is 6.58 Å². The van der Waals surface area contributed by atoms with Crippen LogP contribution in [0.1, 0.15) is 13.8 Å². The van der Waals surface area contributed by atoms with E-state index < -0.39 is 38.6 Å². The number of hydrogen-bond acceptors (Lipinski definition) is 8. The number of β-amino-alcohol motifs (C(OH)–C–C–N with tert-alkyl or cyclic N) is 1. The Kier molecular flexibility index (Phi) is 7.64. The lowest BCUT2D eigenvalue weighted by Crippen LogP contribution is -2.62. The molecular formula is C13H26NO7P. The lowest BCUT2D eigenvalue weighted by Gasteiger charge is -2.43.